The zero-order chi connectivity index (χ0) is 9.73. The summed E-state index contributed by atoms with van der Waals surface area (Å²) in [7, 11) is 1.70. The number of rotatable bonds is 5. The van der Waals surface area contributed by atoms with E-state index in [4.69, 9.17) is 9.15 Å². The van der Waals surface area contributed by atoms with Crippen LogP contribution in [0, 0.1) is 0 Å². The van der Waals surface area contributed by atoms with Crippen molar-refractivity contribution in [3.05, 3.63) is 18.4 Å². The number of hydrogen-bond donors (Lipinski definition) is 1. The van der Waals surface area contributed by atoms with Crippen LogP contribution in [-0.2, 0) is 11.3 Å². The Labute approximate surface area is 78.3 Å². The molecule has 0 aliphatic carbocycles. The zero-order valence-corrected chi connectivity index (χ0v) is 8.33. The first-order valence-electron chi connectivity index (χ1n) is 4.27. The van der Waals surface area contributed by atoms with Crippen molar-refractivity contribution < 1.29 is 9.15 Å². The molecule has 0 saturated carbocycles. The molecule has 4 heteroatoms. The highest BCUT2D eigenvalue weighted by Crippen LogP contribution is 2.05. The second-order valence-electron chi connectivity index (χ2n) is 3.54. The third-order valence-corrected chi connectivity index (χ3v) is 1.89. The van der Waals surface area contributed by atoms with Crippen LogP contribution in [0.25, 0.3) is 0 Å². The van der Waals surface area contributed by atoms with Crippen molar-refractivity contribution >= 4 is 0 Å². The number of nitrogens with one attached hydrogen (secondary N) is 1. The van der Waals surface area contributed by atoms with Gasteiger partial charge in [-0.25, -0.2) is 4.98 Å². The van der Waals surface area contributed by atoms with E-state index in [0.717, 1.165) is 12.3 Å². The maximum atomic E-state index is 5.25. The van der Waals surface area contributed by atoms with Crippen molar-refractivity contribution in [1.82, 2.24) is 10.3 Å². The molecule has 0 bridgehead atoms. The van der Waals surface area contributed by atoms with Gasteiger partial charge in [0.05, 0.1) is 18.3 Å². The van der Waals surface area contributed by atoms with Crippen molar-refractivity contribution in [1.29, 1.82) is 0 Å². The zero-order valence-electron chi connectivity index (χ0n) is 8.33. The molecule has 0 aliphatic heterocycles. The van der Waals surface area contributed by atoms with Gasteiger partial charge in [0, 0.05) is 13.7 Å². The molecule has 13 heavy (non-hydrogen) atoms. The number of aromatic nitrogens is 1. The quantitative estimate of drug-likeness (QED) is 0.746. The van der Waals surface area contributed by atoms with Crippen LogP contribution in [-0.4, -0.2) is 24.2 Å². The fourth-order valence-electron chi connectivity index (χ4n) is 0.888. The second kappa shape index (κ2) is 4.39. The standard InChI is InChI=1S/C9H16N2O2/c1-9(2,12-3)6-10-4-8-5-11-7-13-8/h5,7,10H,4,6H2,1-3H3. The van der Waals surface area contributed by atoms with Gasteiger partial charge in [-0.15, -0.1) is 0 Å². The van der Waals surface area contributed by atoms with E-state index < -0.39 is 0 Å². The average molecular weight is 184 g/mol. The van der Waals surface area contributed by atoms with E-state index >= 15 is 0 Å². The van der Waals surface area contributed by atoms with Crippen molar-refractivity contribution in [2.24, 2.45) is 0 Å². The summed E-state index contributed by atoms with van der Waals surface area (Å²) >= 11 is 0. The maximum Gasteiger partial charge on any atom is 0.180 e. The predicted octanol–water partition coefficient (Wildman–Crippen LogP) is 1.19. The lowest BCUT2D eigenvalue weighted by molar-refractivity contribution is 0.0227. The van der Waals surface area contributed by atoms with E-state index in [1.54, 1.807) is 13.3 Å². The van der Waals surface area contributed by atoms with Crippen LogP contribution in [0.4, 0.5) is 0 Å². The summed E-state index contributed by atoms with van der Waals surface area (Å²) in [5, 5.41) is 3.22. The molecule has 1 N–H and O–H groups in total. The summed E-state index contributed by atoms with van der Waals surface area (Å²) in [5.41, 5.74) is -0.139. The van der Waals surface area contributed by atoms with Gasteiger partial charge in [-0.3, -0.25) is 0 Å². The van der Waals surface area contributed by atoms with E-state index in [0.29, 0.717) is 6.54 Å². The maximum absolute atomic E-state index is 5.25. The molecule has 0 radical (unpaired) electrons. The highest BCUT2D eigenvalue weighted by Gasteiger charge is 2.15. The normalized spacial score (nSPS) is 11.9. The first kappa shape index (κ1) is 10.2. The molecule has 0 spiro atoms. The van der Waals surface area contributed by atoms with Gasteiger partial charge in [-0.1, -0.05) is 0 Å². The minimum Gasteiger partial charge on any atom is -0.447 e. The van der Waals surface area contributed by atoms with Gasteiger partial charge >= 0.3 is 0 Å². The Morgan fingerprint density at radius 1 is 1.62 bits per heavy atom. The molecular formula is C9H16N2O2. The molecule has 0 saturated heterocycles. The summed E-state index contributed by atoms with van der Waals surface area (Å²) in [6, 6.07) is 0. The van der Waals surface area contributed by atoms with Gasteiger partial charge in [0.15, 0.2) is 6.39 Å². The Kier molecular flexibility index (Phi) is 3.45. The van der Waals surface area contributed by atoms with Gasteiger partial charge in [-0.2, -0.15) is 0 Å². The number of methoxy groups -OCH3 is 1. The molecule has 0 aromatic carbocycles. The van der Waals surface area contributed by atoms with Gasteiger partial charge in [0.25, 0.3) is 0 Å². The van der Waals surface area contributed by atoms with Gasteiger partial charge in [0.2, 0.25) is 0 Å². The molecule has 1 aromatic heterocycles. The summed E-state index contributed by atoms with van der Waals surface area (Å²) in [6.45, 7) is 5.53. The van der Waals surface area contributed by atoms with Crippen molar-refractivity contribution in [3.63, 3.8) is 0 Å². The highest BCUT2D eigenvalue weighted by atomic mass is 16.5. The van der Waals surface area contributed by atoms with Crippen LogP contribution in [0.5, 0.6) is 0 Å². The molecule has 0 atom stereocenters. The van der Waals surface area contributed by atoms with Gasteiger partial charge in [0.1, 0.15) is 5.76 Å². The van der Waals surface area contributed by atoms with Crippen LogP contribution in [0.2, 0.25) is 0 Å². The molecule has 0 unspecified atom stereocenters. The lowest BCUT2D eigenvalue weighted by Gasteiger charge is -2.22. The predicted molar refractivity (Wildman–Crippen MR) is 49.3 cm³/mol. The third kappa shape index (κ3) is 3.57. The molecule has 0 fully saturated rings. The Morgan fingerprint density at radius 3 is 2.92 bits per heavy atom. The number of hydrogen-bond acceptors (Lipinski definition) is 4. The summed E-state index contributed by atoms with van der Waals surface area (Å²) in [4.78, 5) is 3.82. The van der Waals surface area contributed by atoms with Crippen LogP contribution in [0.3, 0.4) is 0 Å². The SMILES string of the molecule is COC(C)(C)CNCc1cnco1. The molecule has 0 aliphatic rings. The lowest BCUT2D eigenvalue weighted by atomic mass is 10.1. The van der Waals surface area contributed by atoms with Crippen molar-refractivity contribution in [2.45, 2.75) is 26.0 Å². The summed E-state index contributed by atoms with van der Waals surface area (Å²) in [6.07, 6.45) is 3.13. The average Bonchev–Trinajstić information content (AvgIpc) is 2.57. The van der Waals surface area contributed by atoms with Gasteiger partial charge in [-0.05, 0) is 13.8 Å². The van der Waals surface area contributed by atoms with Crippen molar-refractivity contribution in [2.75, 3.05) is 13.7 Å². The molecular weight excluding hydrogens is 168 g/mol. The van der Waals surface area contributed by atoms with Crippen LogP contribution in [0.1, 0.15) is 19.6 Å². The second-order valence-corrected chi connectivity index (χ2v) is 3.54. The van der Waals surface area contributed by atoms with E-state index in [1.807, 2.05) is 13.8 Å². The monoisotopic (exact) mass is 184 g/mol. The highest BCUT2D eigenvalue weighted by molar-refractivity contribution is 4.87. The minimum atomic E-state index is -0.139. The Bertz CT molecular complexity index is 232. The van der Waals surface area contributed by atoms with E-state index in [-0.39, 0.29) is 5.60 Å². The van der Waals surface area contributed by atoms with E-state index in [9.17, 15) is 0 Å². The fourth-order valence-corrected chi connectivity index (χ4v) is 0.888. The van der Waals surface area contributed by atoms with Crippen molar-refractivity contribution in [3.8, 4) is 0 Å². The molecule has 1 heterocycles. The molecule has 1 aromatic rings. The summed E-state index contributed by atoms with van der Waals surface area (Å²) in [5.74, 6) is 0.840. The molecule has 4 nitrogen and oxygen atoms in total. The van der Waals surface area contributed by atoms with E-state index in [1.165, 1.54) is 6.39 Å². The fraction of sp³-hybridized carbons (Fsp3) is 0.667. The molecule has 1 rings (SSSR count). The smallest absolute Gasteiger partial charge is 0.180 e. The Hall–Kier alpha value is -0.870. The third-order valence-electron chi connectivity index (χ3n) is 1.89. The first-order chi connectivity index (χ1) is 6.14. The Balaban J connectivity index is 2.21. The van der Waals surface area contributed by atoms with Crippen LogP contribution >= 0.6 is 0 Å². The molecule has 0 amide bonds. The first-order valence-corrected chi connectivity index (χ1v) is 4.27. The lowest BCUT2D eigenvalue weighted by Crippen LogP contribution is -2.36. The van der Waals surface area contributed by atoms with Gasteiger partial charge < -0.3 is 14.5 Å². The van der Waals surface area contributed by atoms with Crippen LogP contribution in [0.15, 0.2) is 17.0 Å². The number of ether oxygens (including phenoxy) is 1. The largest absolute Gasteiger partial charge is 0.447 e. The topological polar surface area (TPSA) is 47.3 Å². The molecule has 74 valence electrons. The van der Waals surface area contributed by atoms with Crippen LogP contribution < -0.4 is 5.32 Å². The number of oxazole rings is 1. The number of nitrogens with zero attached hydrogens (tertiary/aromatic N) is 1. The summed E-state index contributed by atoms with van der Waals surface area (Å²) < 4.78 is 10.3. The Morgan fingerprint density at radius 2 is 2.38 bits per heavy atom. The minimum absolute atomic E-state index is 0.139. The van der Waals surface area contributed by atoms with E-state index in [2.05, 4.69) is 10.3 Å².